The molecule has 0 spiro atoms. The number of carbonyl (C=O) groups is 1. The van der Waals surface area contributed by atoms with Crippen molar-refractivity contribution in [2.75, 3.05) is 13.7 Å². The number of ether oxygens (including phenoxy) is 2. The molecule has 4 heteroatoms. The fraction of sp³-hybridized carbons (Fsp3) is 0.588. The fourth-order valence-electron chi connectivity index (χ4n) is 3.22. The molecule has 1 aromatic carbocycles. The molecule has 2 rings (SSSR count). The smallest absolute Gasteiger partial charge is 0.303 e. The summed E-state index contributed by atoms with van der Waals surface area (Å²) in [6.07, 6.45) is 1.96. The van der Waals surface area contributed by atoms with Gasteiger partial charge in [0.25, 0.3) is 0 Å². The Morgan fingerprint density at radius 3 is 2.62 bits per heavy atom. The maximum Gasteiger partial charge on any atom is 0.303 e. The second kappa shape index (κ2) is 6.48. The molecule has 116 valence electrons. The van der Waals surface area contributed by atoms with Crippen LogP contribution in [-0.4, -0.2) is 30.4 Å². The van der Waals surface area contributed by atoms with Crippen LogP contribution in [-0.2, 0) is 9.53 Å². The molecule has 2 atom stereocenters. The largest absolute Gasteiger partial charge is 0.497 e. The lowest BCUT2D eigenvalue weighted by Gasteiger charge is -2.39. The minimum atomic E-state index is -0.750. The molecule has 1 saturated heterocycles. The van der Waals surface area contributed by atoms with Gasteiger partial charge in [-0.3, -0.25) is 4.79 Å². The zero-order valence-corrected chi connectivity index (χ0v) is 13.0. The number of carboxylic acids is 1. The van der Waals surface area contributed by atoms with Crippen LogP contribution in [0.4, 0.5) is 0 Å². The highest BCUT2D eigenvalue weighted by Gasteiger charge is 2.35. The van der Waals surface area contributed by atoms with Gasteiger partial charge in [0, 0.05) is 6.61 Å². The zero-order valence-electron chi connectivity index (χ0n) is 13.0. The van der Waals surface area contributed by atoms with Gasteiger partial charge in [-0.15, -0.1) is 0 Å². The Morgan fingerprint density at radius 1 is 1.43 bits per heavy atom. The molecule has 0 amide bonds. The topological polar surface area (TPSA) is 55.8 Å². The van der Waals surface area contributed by atoms with Gasteiger partial charge in [0.2, 0.25) is 0 Å². The van der Waals surface area contributed by atoms with Crippen molar-refractivity contribution in [1.82, 2.24) is 0 Å². The summed E-state index contributed by atoms with van der Waals surface area (Å²) in [6, 6.07) is 7.76. The Bertz CT molecular complexity index is 478. The predicted molar refractivity (Wildman–Crippen MR) is 80.7 cm³/mol. The number of aliphatic carboxylic acids is 1. The van der Waals surface area contributed by atoms with Crippen molar-refractivity contribution in [2.24, 2.45) is 5.92 Å². The highest BCUT2D eigenvalue weighted by molar-refractivity contribution is 5.68. The van der Waals surface area contributed by atoms with Crippen molar-refractivity contribution < 1.29 is 19.4 Å². The molecule has 1 aliphatic rings. The monoisotopic (exact) mass is 292 g/mol. The summed E-state index contributed by atoms with van der Waals surface area (Å²) in [7, 11) is 1.63. The van der Waals surface area contributed by atoms with E-state index < -0.39 is 5.97 Å². The summed E-state index contributed by atoms with van der Waals surface area (Å²) in [5.41, 5.74) is 0.896. The average molecular weight is 292 g/mol. The van der Waals surface area contributed by atoms with Crippen LogP contribution in [0, 0.1) is 5.92 Å². The summed E-state index contributed by atoms with van der Waals surface area (Å²) in [4.78, 5) is 11.3. The van der Waals surface area contributed by atoms with Crippen molar-refractivity contribution in [2.45, 2.75) is 44.6 Å². The Morgan fingerprint density at radius 2 is 2.10 bits per heavy atom. The van der Waals surface area contributed by atoms with E-state index in [0.29, 0.717) is 12.5 Å². The standard InChI is InChI=1S/C17H24O4/c1-17(2)11-13(8-9-21-17)15(10-16(18)19)12-4-6-14(20-3)7-5-12/h4-7,13,15H,8-11H2,1-3H3,(H,18,19)/t13-,15+/m1/s1. The van der Waals surface area contributed by atoms with E-state index >= 15 is 0 Å². The number of carboxylic acid groups (broad SMARTS) is 1. The molecule has 1 aliphatic heterocycles. The van der Waals surface area contributed by atoms with E-state index in [1.807, 2.05) is 24.3 Å². The molecule has 0 bridgehead atoms. The van der Waals surface area contributed by atoms with E-state index in [1.165, 1.54) is 0 Å². The first-order valence-corrected chi connectivity index (χ1v) is 7.41. The summed E-state index contributed by atoms with van der Waals surface area (Å²) >= 11 is 0. The quantitative estimate of drug-likeness (QED) is 0.903. The molecule has 1 fully saturated rings. The van der Waals surface area contributed by atoms with Gasteiger partial charge in [-0.05, 0) is 56.2 Å². The molecule has 0 radical (unpaired) electrons. The third-order valence-corrected chi connectivity index (χ3v) is 4.24. The van der Waals surface area contributed by atoms with E-state index in [4.69, 9.17) is 9.47 Å². The fourth-order valence-corrected chi connectivity index (χ4v) is 3.22. The summed E-state index contributed by atoms with van der Waals surface area (Å²) < 4.78 is 10.9. The lowest BCUT2D eigenvalue weighted by molar-refractivity contribution is -0.138. The minimum absolute atomic E-state index is 0.0246. The molecule has 1 N–H and O–H groups in total. The molecular weight excluding hydrogens is 268 g/mol. The van der Waals surface area contributed by atoms with Crippen LogP contribution < -0.4 is 4.74 Å². The van der Waals surface area contributed by atoms with Gasteiger partial charge < -0.3 is 14.6 Å². The molecule has 0 unspecified atom stereocenters. The van der Waals surface area contributed by atoms with Gasteiger partial charge in [-0.1, -0.05) is 12.1 Å². The maximum atomic E-state index is 11.3. The first kappa shape index (κ1) is 15.8. The summed E-state index contributed by atoms with van der Waals surface area (Å²) in [6.45, 7) is 4.85. The van der Waals surface area contributed by atoms with Crippen LogP contribution in [0.5, 0.6) is 5.75 Å². The molecule has 1 aromatic rings. The second-order valence-electron chi connectivity index (χ2n) is 6.34. The van der Waals surface area contributed by atoms with Gasteiger partial charge in [-0.25, -0.2) is 0 Å². The first-order chi connectivity index (χ1) is 9.91. The van der Waals surface area contributed by atoms with Gasteiger partial charge in [0.1, 0.15) is 5.75 Å². The van der Waals surface area contributed by atoms with Crippen molar-refractivity contribution in [3.05, 3.63) is 29.8 Å². The van der Waals surface area contributed by atoms with Crippen LogP contribution in [0.15, 0.2) is 24.3 Å². The van der Waals surface area contributed by atoms with Crippen molar-refractivity contribution in [1.29, 1.82) is 0 Å². The Kier molecular flexibility index (Phi) is 4.88. The Balaban J connectivity index is 2.22. The van der Waals surface area contributed by atoms with E-state index in [0.717, 1.165) is 24.2 Å². The van der Waals surface area contributed by atoms with Crippen molar-refractivity contribution in [3.8, 4) is 5.75 Å². The summed E-state index contributed by atoms with van der Waals surface area (Å²) in [5.74, 6) is 0.398. The zero-order chi connectivity index (χ0) is 15.5. The van der Waals surface area contributed by atoms with E-state index in [1.54, 1.807) is 7.11 Å². The van der Waals surface area contributed by atoms with Crippen LogP contribution in [0.25, 0.3) is 0 Å². The first-order valence-electron chi connectivity index (χ1n) is 7.41. The maximum absolute atomic E-state index is 11.3. The number of rotatable bonds is 5. The SMILES string of the molecule is COc1ccc([C@H](CC(=O)O)[C@@H]2CCOC(C)(C)C2)cc1. The molecule has 0 aliphatic carbocycles. The molecular formula is C17H24O4. The minimum Gasteiger partial charge on any atom is -0.497 e. The van der Waals surface area contributed by atoms with Crippen LogP contribution in [0.1, 0.15) is 44.6 Å². The van der Waals surface area contributed by atoms with Gasteiger partial charge in [0.15, 0.2) is 0 Å². The Labute approximate surface area is 126 Å². The van der Waals surface area contributed by atoms with Crippen LogP contribution in [0.3, 0.4) is 0 Å². The number of hydrogen-bond donors (Lipinski definition) is 1. The molecule has 1 heterocycles. The predicted octanol–water partition coefficient (Wildman–Crippen LogP) is 3.46. The van der Waals surface area contributed by atoms with Gasteiger partial charge in [0.05, 0.1) is 19.1 Å². The highest BCUT2D eigenvalue weighted by atomic mass is 16.5. The van der Waals surface area contributed by atoms with Crippen molar-refractivity contribution >= 4 is 5.97 Å². The van der Waals surface area contributed by atoms with E-state index in [9.17, 15) is 9.90 Å². The lowest BCUT2D eigenvalue weighted by Crippen LogP contribution is -2.36. The van der Waals surface area contributed by atoms with E-state index in [-0.39, 0.29) is 17.9 Å². The molecule has 0 saturated carbocycles. The summed E-state index contributed by atoms with van der Waals surface area (Å²) in [5, 5.41) is 9.25. The molecule has 0 aromatic heterocycles. The van der Waals surface area contributed by atoms with Crippen LogP contribution >= 0.6 is 0 Å². The average Bonchev–Trinajstić information content (AvgIpc) is 2.43. The lowest BCUT2D eigenvalue weighted by atomic mass is 9.75. The third-order valence-electron chi connectivity index (χ3n) is 4.24. The van der Waals surface area contributed by atoms with E-state index in [2.05, 4.69) is 13.8 Å². The molecule has 21 heavy (non-hydrogen) atoms. The van der Waals surface area contributed by atoms with Crippen LogP contribution in [0.2, 0.25) is 0 Å². The normalized spacial score (nSPS) is 22.5. The number of hydrogen-bond acceptors (Lipinski definition) is 3. The van der Waals surface area contributed by atoms with Gasteiger partial charge in [-0.2, -0.15) is 0 Å². The Hall–Kier alpha value is -1.55. The number of methoxy groups -OCH3 is 1. The number of benzene rings is 1. The second-order valence-corrected chi connectivity index (χ2v) is 6.34. The van der Waals surface area contributed by atoms with Gasteiger partial charge >= 0.3 is 5.97 Å². The third kappa shape index (κ3) is 4.21. The van der Waals surface area contributed by atoms with Crippen molar-refractivity contribution in [3.63, 3.8) is 0 Å². The highest BCUT2D eigenvalue weighted by Crippen LogP contribution is 2.40. The molecule has 4 nitrogen and oxygen atoms in total.